The molecule has 0 amide bonds. The van der Waals surface area contributed by atoms with Gasteiger partial charge in [0.05, 0.1) is 12.2 Å². The van der Waals surface area contributed by atoms with Crippen LogP contribution in [0.1, 0.15) is 32.4 Å². The van der Waals surface area contributed by atoms with Crippen molar-refractivity contribution in [1.82, 2.24) is 24.5 Å². The molecule has 0 saturated carbocycles. The highest BCUT2D eigenvalue weighted by Crippen LogP contribution is 2.29. The largest absolute Gasteiger partial charge is 0.489 e. The minimum absolute atomic E-state index is 0.0567. The average Bonchev–Trinajstić information content (AvgIpc) is 3.35. The number of hydrogen-bond donors (Lipinski definition) is 2. The molecule has 8 heteroatoms. The number of β-amino-alcohol motifs (C(OH)–C–C–N with tert-alkyl or cyclic N) is 1. The molecule has 3 atom stereocenters. The number of nitrogens with two attached hydrogens (primary N) is 1. The van der Waals surface area contributed by atoms with E-state index in [2.05, 4.69) is 28.1 Å². The van der Waals surface area contributed by atoms with E-state index in [1.807, 2.05) is 60.8 Å². The zero-order valence-corrected chi connectivity index (χ0v) is 18.5. The molecule has 4 heterocycles. The Labute approximate surface area is 186 Å². The van der Waals surface area contributed by atoms with Crippen LogP contribution in [-0.4, -0.2) is 60.9 Å². The highest BCUT2D eigenvalue weighted by molar-refractivity contribution is 5.86. The summed E-state index contributed by atoms with van der Waals surface area (Å²) in [4.78, 5) is 7.08. The first-order chi connectivity index (χ1) is 15.4. The minimum atomic E-state index is -0.490. The van der Waals surface area contributed by atoms with Crippen molar-refractivity contribution in [3.63, 3.8) is 0 Å². The molecule has 0 bridgehead atoms. The van der Waals surface area contributed by atoms with Crippen molar-refractivity contribution < 1.29 is 9.84 Å². The van der Waals surface area contributed by atoms with Crippen molar-refractivity contribution in [2.75, 3.05) is 13.1 Å². The van der Waals surface area contributed by atoms with Gasteiger partial charge in [0.25, 0.3) is 0 Å². The number of para-hydroxylation sites is 1. The topological polar surface area (TPSA) is 102 Å². The number of aliphatic hydroxyl groups excluding tert-OH is 1. The van der Waals surface area contributed by atoms with Crippen molar-refractivity contribution in [3.8, 4) is 17.3 Å². The SMILES string of the molecule is CC(C)Oc1cccc2ccc(-c3nnc4ccc([C@H](C)N5C[C@@H](N)[C@H](O)C5)cn34)nc12. The second-order valence-corrected chi connectivity index (χ2v) is 8.77. The molecule has 3 aromatic heterocycles. The zero-order chi connectivity index (χ0) is 22.4. The van der Waals surface area contributed by atoms with Gasteiger partial charge in [0.2, 0.25) is 0 Å². The molecule has 0 aliphatic carbocycles. The number of ether oxygens (including phenoxy) is 1. The third-order valence-corrected chi connectivity index (χ3v) is 6.09. The normalized spacial score (nSPS) is 20.4. The summed E-state index contributed by atoms with van der Waals surface area (Å²) in [5, 5.41) is 19.8. The summed E-state index contributed by atoms with van der Waals surface area (Å²) < 4.78 is 7.94. The lowest BCUT2D eigenvalue weighted by molar-refractivity contribution is 0.155. The van der Waals surface area contributed by atoms with Gasteiger partial charge in [-0.05, 0) is 44.5 Å². The maximum absolute atomic E-state index is 10.0. The monoisotopic (exact) mass is 432 g/mol. The van der Waals surface area contributed by atoms with E-state index in [0.29, 0.717) is 18.9 Å². The highest BCUT2D eigenvalue weighted by atomic mass is 16.5. The van der Waals surface area contributed by atoms with Crippen LogP contribution in [0.15, 0.2) is 48.7 Å². The predicted molar refractivity (Wildman–Crippen MR) is 123 cm³/mol. The number of hydrogen-bond acceptors (Lipinski definition) is 7. The standard InChI is InChI=1S/C24H28N6O2/c1-14(2)32-21-6-4-5-16-7-9-19(26-23(16)21)24-28-27-22-10-8-17(11-30(22)24)15(3)29-12-18(25)20(31)13-29/h4-11,14-15,18,20,31H,12-13,25H2,1-3H3/t15-,18+,20+/m0/s1. The fourth-order valence-corrected chi connectivity index (χ4v) is 4.29. The van der Waals surface area contributed by atoms with Gasteiger partial charge in [-0.3, -0.25) is 9.30 Å². The van der Waals surface area contributed by atoms with Gasteiger partial charge in [-0.2, -0.15) is 0 Å². The quantitative estimate of drug-likeness (QED) is 0.500. The first-order valence-corrected chi connectivity index (χ1v) is 11.0. The van der Waals surface area contributed by atoms with E-state index in [1.54, 1.807) is 0 Å². The van der Waals surface area contributed by atoms with Gasteiger partial charge >= 0.3 is 0 Å². The van der Waals surface area contributed by atoms with E-state index in [0.717, 1.165) is 33.6 Å². The molecule has 0 unspecified atom stereocenters. The molecule has 4 aromatic rings. The molecule has 1 aliphatic heterocycles. The van der Waals surface area contributed by atoms with Crippen molar-refractivity contribution >= 4 is 16.6 Å². The average molecular weight is 433 g/mol. The number of rotatable bonds is 5. The van der Waals surface area contributed by atoms with Crippen LogP contribution < -0.4 is 10.5 Å². The van der Waals surface area contributed by atoms with E-state index in [1.165, 1.54) is 0 Å². The third-order valence-electron chi connectivity index (χ3n) is 6.09. The Hall–Kier alpha value is -3.07. The van der Waals surface area contributed by atoms with E-state index >= 15 is 0 Å². The van der Waals surface area contributed by atoms with Crippen LogP contribution in [0.2, 0.25) is 0 Å². The Balaban J connectivity index is 1.55. The van der Waals surface area contributed by atoms with Crippen molar-refractivity contribution in [2.45, 2.75) is 45.1 Å². The van der Waals surface area contributed by atoms with E-state index < -0.39 is 6.10 Å². The van der Waals surface area contributed by atoms with Crippen LogP contribution in [0.3, 0.4) is 0 Å². The van der Waals surface area contributed by atoms with Crippen LogP contribution in [-0.2, 0) is 0 Å². The number of aliphatic hydroxyl groups is 1. The lowest BCUT2D eigenvalue weighted by Gasteiger charge is -2.24. The van der Waals surface area contributed by atoms with Gasteiger partial charge in [-0.25, -0.2) is 4.98 Å². The Morgan fingerprint density at radius 3 is 2.66 bits per heavy atom. The Bertz CT molecular complexity index is 1260. The molecule has 1 aliphatic rings. The molecule has 5 rings (SSSR count). The Morgan fingerprint density at radius 1 is 1.06 bits per heavy atom. The zero-order valence-electron chi connectivity index (χ0n) is 18.5. The number of fused-ring (bicyclic) bond motifs is 2. The van der Waals surface area contributed by atoms with Gasteiger partial charge in [0, 0.05) is 36.8 Å². The molecule has 0 radical (unpaired) electrons. The van der Waals surface area contributed by atoms with Gasteiger partial charge in [-0.15, -0.1) is 10.2 Å². The first kappa shape index (κ1) is 20.8. The molecule has 1 fully saturated rings. The highest BCUT2D eigenvalue weighted by Gasteiger charge is 2.31. The number of likely N-dealkylation sites (tertiary alicyclic amines) is 1. The molecule has 1 aromatic carbocycles. The van der Waals surface area contributed by atoms with Crippen LogP contribution in [0, 0.1) is 0 Å². The second-order valence-electron chi connectivity index (χ2n) is 8.77. The third kappa shape index (κ3) is 3.70. The van der Waals surface area contributed by atoms with Gasteiger partial charge in [0.15, 0.2) is 11.5 Å². The summed E-state index contributed by atoms with van der Waals surface area (Å²) in [5.41, 5.74) is 9.40. The lowest BCUT2D eigenvalue weighted by Crippen LogP contribution is -2.32. The van der Waals surface area contributed by atoms with Crippen LogP contribution in [0.4, 0.5) is 0 Å². The fraction of sp³-hybridized carbons (Fsp3) is 0.375. The molecule has 32 heavy (non-hydrogen) atoms. The van der Waals surface area contributed by atoms with E-state index in [-0.39, 0.29) is 18.2 Å². The lowest BCUT2D eigenvalue weighted by atomic mass is 10.1. The summed E-state index contributed by atoms with van der Waals surface area (Å²) in [6.45, 7) is 7.37. The number of aromatic nitrogens is 4. The van der Waals surface area contributed by atoms with Crippen molar-refractivity contribution in [3.05, 3.63) is 54.2 Å². The Kier molecular flexibility index (Phi) is 5.28. The fourth-order valence-electron chi connectivity index (χ4n) is 4.29. The molecule has 8 nitrogen and oxygen atoms in total. The van der Waals surface area contributed by atoms with Crippen molar-refractivity contribution in [2.24, 2.45) is 5.73 Å². The number of nitrogens with zero attached hydrogens (tertiary/aromatic N) is 5. The van der Waals surface area contributed by atoms with E-state index in [4.69, 9.17) is 15.5 Å². The van der Waals surface area contributed by atoms with E-state index in [9.17, 15) is 5.11 Å². The molecule has 0 spiro atoms. The second kappa shape index (κ2) is 8.12. The number of benzene rings is 1. The Morgan fingerprint density at radius 2 is 1.91 bits per heavy atom. The summed E-state index contributed by atoms with van der Waals surface area (Å²) in [5.74, 6) is 1.43. The number of pyridine rings is 2. The smallest absolute Gasteiger partial charge is 0.187 e. The van der Waals surface area contributed by atoms with Crippen LogP contribution >= 0.6 is 0 Å². The molecule has 1 saturated heterocycles. The summed E-state index contributed by atoms with van der Waals surface area (Å²) in [6, 6.07) is 13.8. The van der Waals surface area contributed by atoms with Gasteiger partial charge < -0.3 is 15.6 Å². The maximum Gasteiger partial charge on any atom is 0.187 e. The van der Waals surface area contributed by atoms with Crippen LogP contribution in [0.25, 0.3) is 28.1 Å². The summed E-state index contributed by atoms with van der Waals surface area (Å²) in [6.07, 6.45) is 1.62. The molecular weight excluding hydrogens is 404 g/mol. The van der Waals surface area contributed by atoms with Gasteiger partial charge in [0.1, 0.15) is 17.0 Å². The molecular formula is C24H28N6O2. The maximum atomic E-state index is 10.0. The summed E-state index contributed by atoms with van der Waals surface area (Å²) >= 11 is 0. The van der Waals surface area contributed by atoms with Crippen LogP contribution in [0.5, 0.6) is 5.75 Å². The molecule has 166 valence electrons. The first-order valence-electron chi connectivity index (χ1n) is 11.0. The van der Waals surface area contributed by atoms with Gasteiger partial charge in [-0.1, -0.05) is 24.3 Å². The molecule has 3 N–H and O–H groups in total. The summed E-state index contributed by atoms with van der Waals surface area (Å²) in [7, 11) is 0. The minimum Gasteiger partial charge on any atom is -0.489 e. The van der Waals surface area contributed by atoms with Crippen molar-refractivity contribution in [1.29, 1.82) is 0 Å². The predicted octanol–water partition coefficient (Wildman–Crippen LogP) is 2.80.